The highest BCUT2D eigenvalue weighted by atomic mass is 16.5. The van der Waals surface area contributed by atoms with Gasteiger partial charge in [0.25, 0.3) is 0 Å². The predicted octanol–water partition coefficient (Wildman–Crippen LogP) is 4.30. The van der Waals surface area contributed by atoms with Crippen molar-refractivity contribution in [3.63, 3.8) is 0 Å². The van der Waals surface area contributed by atoms with E-state index in [-0.39, 0.29) is 0 Å². The summed E-state index contributed by atoms with van der Waals surface area (Å²) in [6, 6.07) is 6.65. The van der Waals surface area contributed by atoms with Crippen molar-refractivity contribution in [3.05, 3.63) is 29.3 Å². The second kappa shape index (κ2) is 8.02. The maximum absolute atomic E-state index is 11.5. The first kappa shape index (κ1) is 18.8. The Hall–Kier alpha value is -1.55. The number of ether oxygens (including phenoxy) is 1. The molecule has 2 rings (SSSR count). The lowest BCUT2D eigenvalue weighted by Crippen LogP contribution is -2.39. The van der Waals surface area contributed by atoms with E-state index in [9.17, 15) is 9.90 Å². The van der Waals surface area contributed by atoms with Gasteiger partial charge in [-0.3, -0.25) is 0 Å². The van der Waals surface area contributed by atoms with Crippen LogP contribution in [0.2, 0.25) is 0 Å². The van der Waals surface area contributed by atoms with E-state index in [1.54, 1.807) is 0 Å². The van der Waals surface area contributed by atoms with Crippen molar-refractivity contribution in [3.8, 4) is 5.75 Å². The van der Waals surface area contributed by atoms with E-state index in [0.29, 0.717) is 11.8 Å². The Balaban J connectivity index is 1.99. The van der Waals surface area contributed by atoms with Crippen LogP contribution in [0.4, 0.5) is 0 Å². The van der Waals surface area contributed by atoms with Crippen LogP contribution >= 0.6 is 0 Å². The number of carboxylic acid groups (broad SMARTS) is 1. The first-order valence-electron chi connectivity index (χ1n) is 9.00. The van der Waals surface area contributed by atoms with Crippen LogP contribution in [0.15, 0.2) is 18.2 Å². The van der Waals surface area contributed by atoms with Crippen molar-refractivity contribution < 1.29 is 14.6 Å². The minimum absolute atomic E-state index is 0.459. The molecule has 0 heterocycles. The van der Waals surface area contributed by atoms with Crippen LogP contribution in [0.25, 0.3) is 0 Å². The summed E-state index contributed by atoms with van der Waals surface area (Å²) in [5, 5.41) is 13.0. The van der Waals surface area contributed by atoms with Crippen LogP contribution in [0, 0.1) is 12.3 Å². The molecule has 0 spiro atoms. The predicted molar refractivity (Wildman–Crippen MR) is 96.4 cm³/mol. The minimum atomic E-state index is -0.926. The molecule has 1 saturated carbocycles. The summed E-state index contributed by atoms with van der Waals surface area (Å²) in [5.74, 6) is -0.274. The molecule has 2 N–H and O–H groups in total. The Morgan fingerprint density at radius 2 is 1.96 bits per heavy atom. The van der Waals surface area contributed by atoms with Gasteiger partial charge in [-0.1, -0.05) is 52.2 Å². The van der Waals surface area contributed by atoms with Gasteiger partial charge in [-0.2, -0.15) is 0 Å². The van der Waals surface area contributed by atoms with Gasteiger partial charge in [-0.25, -0.2) is 4.79 Å². The lowest BCUT2D eigenvalue weighted by molar-refractivity contribution is -0.150. The monoisotopic (exact) mass is 333 g/mol. The molecule has 0 saturated heterocycles. The molecule has 0 amide bonds. The summed E-state index contributed by atoms with van der Waals surface area (Å²) >= 11 is 0. The molecule has 1 aromatic carbocycles. The topological polar surface area (TPSA) is 58.6 Å². The van der Waals surface area contributed by atoms with Crippen LogP contribution in [0.3, 0.4) is 0 Å². The molecule has 1 aliphatic carbocycles. The average Bonchev–Trinajstić information content (AvgIpc) is 2.51. The van der Waals surface area contributed by atoms with E-state index in [4.69, 9.17) is 4.74 Å². The number of hydrogen-bond donors (Lipinski definition) is 2. The summed E-state index contributed by atoms with van der Waals surface area (Å²) in [6.45, 7) is 8.46. The molecular weight excluding hydrogens is 302 g/mol. The third-order valence-corrected chi connectivity index (χ3v) is 4.70. The van der Waals surface area contributed by atoms with Gasteiger partial charge in [0.2, 0.25) is 0 Å². The van der Waals surface area contributed by atoms with Crippen LogP contribution in [0.5, 0.6) is 5.75 Å². The van der Waals surface area contributed by atoms with Crippen molar-refractivity contribution in [2.45, 2.75) is 78.5 Å². The van der Waals surface area contributed by atoms with Gasteiger partial charge < -0.3 is 15.2 Å². The van der Waals surface area contributed by atoms with Crippen LogP contribution in [0.1, 0.15) is 64.0 Å². The average molecular weight is 333 g/mol. The van der Waals surface area contributed by atoms with Gasteiger partial charge in [0.1, 0.15) is 5.75 Å². The van der Waals surface area contributed by atoms with Gasteiger partial charge in [0.15, 0.2) is 6.10 Å². The van der Waals surface area contributed by atoms with E-state index in [0.717, 1.165) is 12.1 Å². The summed E-state index contributed by atoms with van der Waals surface area (Å²) in [4.78, 5) is 11.5. The number of hydrogen-bond acceptors (Lipinski definition) is 3. The molecule has 0 bridgehead atoms. The van der Waals surface area contributed by atoms with E-state index >= 15 is 0 Å². The SMILES string of the molecule is Cc1cc(CNC2CCCCC2)ccc1OC(C(=O)O)C(C)(C)C. The van der Waals surface area contributed by atoms with Crippen LogP contribution in [-0.4, -0.2) is 23.2 Å². The van der Waals surface area contributed by atoms with Crippen molar-refractivity contribution >= 4 is 5.97 Å². The molecule has 4 heteroatoms. The highest BCUT2D eigenvalue weighted by Crippen LogP contribution is 2.28. The van der Waals surface area contributed by atoms with E-state index in [2.05, 4.69) is 11.4 Å². The Morgan fingerprint density at radius 3 is 2.50 bits per heavy atom. The zero-order valence-corrected chi connectivity index (χ0v) is 15.4. The molecule has 0 radical (unpaired) electrons. The van der Waals surface area contributed by atoms with Gasteiger partial charge in [-0.15, -0.1) is 0 Å². The Labute approximate surface area is 145 Å². The Kier molecular flexibility index (Phi) is 6.27. The third-order valence-electron chi connectivity index (χ3n) is 4.70. The molecule has 1 unspecified atom stereocenters. The number of aliphatic carboxylic acids is 1. The summed E-state index contributed by atoms with van der Waals surface area (Å²) in [7, 11) is 0. The fourth-order valence-corrected chi connectivity index (χ4v) is 3.25. The number of benzene rings is 1. The number of carboxylic acids is 1. The summed E-state index contributed by atoms with van der Waals surface area (Å²) in [6.07, 6.45) is 5.70. The van der Waals surface area contributed by atoms with E-state index < -0.39 is 17.5 Å². The van der Waals surface area contributed by atoms with Gasteiger partial charge in [-0.05, 0) is 37.0 Å². The van der Waals surface area contributed by atoms with Crippen LogP contribution in [-0.2, 0) is 11.3 Å². The zero-order valence-electron chi connectivity index (χ0n) is 15.4. The standard InChI is InChI=1S/C20H31NO3/c1-14-12-15(13-21-16-8-6-5-7-9-16)10-11-17(14)24-18(19(22)23)20(2,3)4/h10-12,16,18,21H,5-9,13H2,1-4H3,(H,22,23). The minimum Gasteiger partial charge on any atom is -0.478 e. The van der Waals surface area contributed by atoms with Crippen molar-refractivity contribution in [2.75, 3.05) is 0 Å². The molecule has 0 aliphatic heterocycles. The van der Waals surface area contributed by atoms with Gasteiger partial charge in [0, 0.05) is 18.0 Å². The zero-order chi connectivity index (χ0) is 17.7. The molecule has 1 atom stereocenters. The lowest BCUT2D eigenvalue weighted by Gasteiger charge is -2.28. The fraction of sp³-hybridized carbons (Fsp3) is 0.650. The van der Waals surface area contributed by atoms with Gasteiger partial charge in [0.05, 0.1) is 0 Å². The maximum Gasteiger partial charge on any atom is 0.345 e. The molecule has 1 aliphatic rings. The van der Waals surface area contributed by atoms with Gasteiger partial charge >= 0.3 is 5.97 Å². The molecule has 1 aromatic rings. The fourth-order valence-electron chi connectivity index (χ4n) is 3.25. The maximum atomic E-state index is 11.5. The number of carbonyl (C=O) groups is 1. The Morgan fingerprint density at radius 1 is 1.29 bits per heavy atom. The largest absolute Gasteiger partial charge is 0.478 e. The van der Waals surface area contributed by atoms with Crippen molar-refractivity contribution in [1.82, 2.24) is 5.32 Å². The van der Waals surface area contributed by atoms with Crippen molar-refractivity contribution in [1.29, 1.82) is 0 Å². The second-order valence-electron chi connectivity index (χ2n) is 8.02. The molecular formula is C20H31NO3. The first-order chi connectivity index (χ1) is 11.3. The molecule has 4 nitrogen and oxygen atoms in total. The normalized spacial score (nSPS) is 17.5. The molecule has 1 fully saturated rings. The summed E-state index contributed by atoms with van der Waals surface area (Å²) in [5.41, 5.74) is 1.74. The highest BCUT2D eigenvalue weighted by molar-refractivity contribution is 5.73. The second-order valence-corrected chi connectivity index (χ2v) is 8.02. The lowest BCUT2D eigenvalue weighted by atomic mass is 9.89. The number of rotatable bonds is 6. The number of aryl methyl sites for hydroxylation is 1. The van der Waals surface area contributed by atoms with Crippen LogP contribution < -0.4 is 10.1 Å². The molecule has 24 heavy (non-hydrogen) atoms. The summed E-state index contributed by atoms with van der Waals surface area (Å²) < 4.78 is 5.80. The first-order valence-corrected chi connectivity index (χ1v) is 9.00. The third kappa shape index (κ3) is 5.23. The highest BCUT2D eigenvalue weighted by Gasteiger charge is 2.33. The quantitative estimate of drug-likeness (QED) is 0.815. The van der Waals surface area contributed by atoms with Crippen molar-refractivity contribution in [2.24, 2.45) is 5.41 Å². The Bertz CT molecular complexity index is 556. The molecule has 0 aromatic heterocycles. The van der Waals surface area contributed by atoms with E-state index in [1.165, 1.54) is 37.7 Å². The smallest absolute Gasteiger partial charge is 0.345 e. The molecule has 134 valence electrons. The number of nitrogens with one attached hydrogen (secondary N) is 1. The van der Waals surface area contributed by atoms with E-state index in [1.807, 2.05) is 39.8 Å².